The molecule has 0 aromatic rings. The molecule has 0 saturated heterocycles. The zero-order valence-electron chi connectivity index (χ0n) is 10.7. The second kappa shape index (κ2) is 4.52. The van der Waals surface area contributed by atoms with Gasteiger partial charge in [-0.1, -0.05) is 31.6 Å². The Morgan fingerprint density at radius 2 is 2.20 bits per heavy atom. The SMILES string of the molecule is CC(=CC1C(C)=CCCC1(C)C)C(C)O. The monoisotopic (exact) mass is 208 g/mol. The molecule has 0 aromatic carbocycles. The molecule has 0 amide bonds. The molecule has 1 aliphatic carbocycles. The largest absolute Gasteiger partial charge is 0.389 e. The van der Waals surface area contributed by atoms with Crippen LogP contribution in [-0.2, 0) is 0 Å². The summed E-state index contributed by atoms with van der Waals surface area (Å²) in [5, 5.41) is 9.52. The topological polar surface area (TPSA) is 20.2 Å². The second-order valence-electron chi connectivity index (χ2n) is 5.54. The summed E-state index contributed by atoms with van der Waals surface area (Å²) < 4.78 is 0. The highest BCUT2D eigenvalue weighted by molar-refractivity contribution is 5.22. The van der Waals surface area contributed by atoms with E-state index in [2.05, 4.69) is 32.9 Å². The normalized spacial score (nSPS) is 28.5. The molecule has 0 fully saturated rings. The molecule has 1 nitrogen and oxygen atoms in total. The van der Waals surface area contributed by atoms with E-state index in [1.165, 1.54) is 18.4 Å². The highest BCUT2D eigenvalue weighted by Crippen LogP contribution is 2.42. The molecule has 0 aromatic heterocycles. The summed E-state index contributed by atoms with van der Waals surface area (Å²) in [6, 6.07) is 0. The fourth-order valence-electron chi connectivity index (χ4n) is 2.33. The van der Waals surface area contributed by atoms with Crippen LogP contribution in [0.2, 0.25) is 0 Å². The summed E-state index contributed by atoms with van der Waals surface area (Å²) in [5.41, 5.74) is 2.86. The molecule has 0 radical (unpaired) electrons. The van der Waals surface area contributed by atoms with Gasteiger partial charge in [0, 0.05) is 5.92 Å². The van der Waals surface area contributed by atoms with E-state index in [-0.39, 0.29) is 6.10 Å². The van der Waals surface area contributed by atoms with Crippen LogP contribution < -0.4 is 0 Å². The van der Waals surface area contributed by atoms with Crippen LogP contribution in [-0.4, -0.2) is 11.2 Å². The van der Waals surface area contributed by atoms with Gasteiger partial charge in [-0.2, -0.15) is 0 Å². The van der Waals surface area contributed by atoms with Crippen molar-refractivity contribution in [2.45, 2.75) is 53.6 Å². The quantitative estimate of drug-likeness (QED) is 0.686. The second-order valence-corrected chi connectivity index (χ2v) is 5.54. The van der Waals surface area contributed by atoms with E-state index >= 15 is 0 Å². The Kier molecular flexibility index (Phi) is 3.77. The number of aliphatic hydroxyl groups is 1. The number of hydrogen-bond acceptors (Lipinski definition) is 1. The Hall–Kier alpha value is -0.560. The first kappa shape index (κ1) is 12.5. The first-order valence-corrected chi connectivity index (χ1v) is 5.87. The highest BCUT2D eigenvalue weighted by atomic mass is 16.3. The van der Waals surface area contributed by atoms with Gasteiger partial charge >= 0.3 is 0 Å². The molecule has 0 heterocycles. The lowest BCUT2D eigenvalue weighted by molar-refractivity contribution is 0.223. The first-order chi connectivity index (χ1) is 6.84. The van der Waals surface area contributed by atoms with Gasteiger partial charge in [-0.15, -0.1) is 0 Å². The van der Waals surface area contributed by atoms with Gasteiger partial charge in [-0.05, 0) is 44.6 Å². The number of rotatable bonds is 2. The van der Waals surface area contributed by atoms with Crippen LogP contribution >= 0.6 is 0 Å². The summed E-state index contributed by atoms with van der Waals surface area (Å²) in [4.78, 5) is 0. The zero-order chi connectivity index (χ0) is 11.6. The molecule has 0 spiro atoms. The van der Waals surface area contributed by atoms with Crippen molar-refractivity contribution in [3.8, 4) is 0 Å². The lowest BCUT2D eigenvalue weighted by atomic mass is 9.68. The van der Waals surface area contributed by atoms with Crippen molar-refractivity contribution >= 4 is 0 Å². The molecule has 1 N–H and O–H groups in total. The van der Waals surface area contributed by atoms with E-state index in [0.29, 0.717) is 11.3 Å². The maximum Gasteiger partial charge on any atom is 0.0719 e. The van der Waals surface area contributed by atoms with E-state index in [4.69, 9.17) is 0 Å². The molecule has 0 aliphatic heterocycles. The summed E-state index contributed by atoms with van der Waals surface area (Å²) in [5.74, 6) is 0.487. The summed E-state index contributed by atoms with van der Waals surface area (Å²) in [7, 11) is 0. The number of hydrogen-bond donors (Lipinski definition) is 1. The molecule has 15 heavy (non-hydrogen) atoms. The third-order valence-corrected chi connectivity index (χ3v) is 3.68. The molecular formula is C14H24O. The van der Waals surface area contributed by atoms with Crippen molar-refractivity contribution in [2.24, 2.45) is 11.3 Å². The van der Waals surface area contributed by atoms with Crippen molar-refractivity contribution in [2.75, 3.05) is 0 Å². The van der Waals surface area contributed by atoms with Crippen molar-refractivity contribution in [1.29, 1.82) is 0 Å². The third-order valence-electron chi connectivity index (χ3n) is 3.68. The summed E-state index contributed by atoms with van der Waals surface area (Å²) in [6.07, 6.45) is 6.68. The van der Waals surface area contributed by atoms with E-state index in [1.807, 2.05) is 13.8 Å². The molecular weight excluding hydrogens is 184 g/mol. The Bertz CT molecular complexity index is 282. The van der Waals surface area contributed by atoms with E-state index < -0.39 is 0 Å². The molecule has 1 rings (SSSR count). The predicted octanol–water partition coefficient (Wildman–Crippen LogP) is 3.70. The molecule has 2 atom stereocenters. The summed E-state index contributed by atoms with van der Waals surface area (Å²) >= 11 is 0. The number of allylic oxidation sites excluding steroid dienone is 3. The molecule has 0 saturated carbocycles. The van der Waals surface area contributed by atoms with Crippen LogP contribution in [0.3, 0.4) is 0 Å². The smallest absolute Gasteiger partial charge is 0.0719 e. The van der Waals surface area contributed by atoms with Gasteiger partial charge in [-0.3, -0.25) is 0 Å². The lowest BCUT2D eigenvalue weighted by Crippen LogP contribution is -2.27. The molecule has 0 bridgehead atoms. The Morgan fingerprint density at radius 3 is 2.67 bits per heavy atom. The summed E-state index contributed by atoms with van der Waals surface area (Å²) in [6.45, 7) is 10.7. The van der Waals surface area contributed by atoms with Gasteiger partial charge in [0.05, 0.1) is 6.10 Å². The van der Waals surface area contributed by atoms with Gasteiger partial charge in [0.2, 0.25) is 0 Å². The fraction of sp³-hybridized carbons (Fsp3) is 0.714. The first-order valence-electron chi connectivity index (χ1n) is 5.87. The van der Waals surface area contributed by atoms with Gasteiger partial charge in [0.1, 0.15) is 0 Å². The highest BCUT2D eigenvalue weighted by Gasteiger charge is 2.31. The van der Waals surface area contributed by atoms with Crippen LogP contribution in [0.4, 0.5) is 0 Å². The number of aliphatic hydroxyl groups excluding tert-OH is 1. The van der Waals surface area contributed by atoms with Gasteiger partial charge < -0.3 is 5.11 Å². The Balaban J connectivity index is 2.95. The third kappa shape index (κ3) is 2.94. The molecule has 1 aliphatic rings. The lowest BCUT2D eigenvalue weighted by Gasteiger charge is -2.37. The van der Waals surface area contributed by atoms with Gasteiger partial charge in [0.15, 0.2) is 0 Å². The average Bonchev–Trinajstić information content (AvgIpc) is 2.10. The van der Waals surface area contributed by atoms with Crippen LogP contribution in [0.25, 0.3) is 0 Å². The van der Waals surface area contributed by atoms with Crippen LogP contribution in [0.5, 0.6) is 0 Å². The molecule has 86 valence electrons. The minimum Gasteiger partial charge on any atom is -0.389 e. The van der Waals surface area contributed by atoms with E-state index in [0.717, 1.165) is 5.57 Å². The minimum atomic E-state index is -0.324. The molecule has 1 heteroatoms. The van der Waals surface area contributed by atoms with Crippen molar-refractivity contribution in [1.82, 2.24) is 0 Å². The average molecular weight is 208 g/mol. The maximum absolute atomic E-state index is 9.52. The van der Waals surface area contributed by atoms with Crippen molar-refractivity contribution in [3.05, 3.63) is 23.3 Å². The Labute approximate surface area is 93.9 Å². The van der Waals surface area contributed by atoms with E-state index in [9.17, 15) is 5.11 Å². The molecule has 2 unspecified atom stereocenters. The van der Waals surface area contributed by atoms with Gasteiger partial charge in [0.25, 0.3) is 0 Å². The van der Waals surface area contributed by atoms with Crippen molar-refractivity contribution in [3.63, 3.8) is 0 Å². The predicted molar refractivity (Wildman–Crippen MR) is 65.7 cm³/mol. The van der Waals surface area contributed by atoms with Crippen molar-refractivity contribution < 1.29 is 5.11 Å². The van der Waals surface area contributed by atoms with Crippen LogP contribution in [0, 0.1) is 11.3 Å². The Morgan fingerprint density at radius 1 is 1.60 bits per heavy atom. The standard InChI is InChI=1S/C14H24O/c1-10-7-6-8-14(4,5)13(10)9-11(2)12(3)15/h7,9,12-13,15H,6,8H2,1-5H3. The van der Waals surface area contributed by atoms with Crippen LogP contribution in [0.15, 0.2) is 23.3 Å². The van der Waals surface area contributed by atoms with Crippen LogP contribution in [0.1, 0.15) is 47.5 Å². The van der Waals surface area contributed by atoms with Gasteiger partial charge in [-0.25, -0.2) is 0 Å². The zero-order valence-corrected chi connectivity index (χ0v) is 10.7. The fourth-order valence-corrected chi connectivity index (χ4v) is 2.33. The van der Waals surface area contributed by atoms with E-state index in [1.54, 1.807) is 0 Å². The minimum absolute atomic E-state index is 0.324. The maximum atomic E-state index is 9.52.